The molecule has 0 heterocycles. The fourth-order valence-electron chi connectivity index (χ4n) is 2.54. The van der Waals surface area contributed by atoms with Crippen molar-refractivity contribution in [2.24, 2.45) is 0 Å². The Labute approximate surface area is 163 Å². The van der Waals surface area contributed by atoms with Crippen molar-refractivity contribution in [2.75, 3.05) is 11.1 Å². The summed E-state index contributed by atoms with van der Waals surface area (Å²) in [4.78, 5) is 14.7. The molecule has 0 bridgehead atoms. The van der Waals surface area contributed by atoms with Crippen LogP contribution in [0.25, 0.3) is 0 Å². The van der Waals surface area contributed by atoms with Gasteiger partial charge in [-0.3, -0.25) is 0 Å². The highest BCUT2D eigenvalue weighted by Crippen LogP contribution is 2.35. The van der Waals surface area contributed by atoms with Gasteiger partial charge in [0.05, 0.1) is 23.0 Å². The van der Waals surface area contributed by atoms with E-state index in [0.29, 0.717) is 16.9 Å². The number of nitrogen functional groups attached to an aromatic ring is 1. The second-order valence-corrected chi connectivity index (χ2v) is 7.41. The molecule has 0 aliphatic rings. The molecule has 0 saturated carbocycles. The maximum absolute atomic E-state index is 12.5. The molecule has 3 N–H and O–H groups in total. The number of anilines is 3. The third-order valence-corrected chi connectivity index (χ3v) is 4.82. The summed E-state index contributed by atoms with van der Waals surface area (Å²) >= 11 is 1.66. The minimum atomic E-state index is -0.395. The smallest absolute Gasteiger partial charge is 0.340 e. The zero-order valence-corrected chi connectivity index (χ0v) is 16.1. The first kappa shape index (κ1) is 18.9. The van der Waals surface area contributed by atoms with E-state index in [2.05, 4.69) is 17.4 Å². The molecule has 0 aromatic heterocycles. The van der Waals surface area contributed by atoms with E-state index >= 15 is 0 Å². The summed E-state index contributed by atoms with van der Waals surface area (Å²) in [5.74, 6) is -0.395. The topological polar surface area (TPSA) is 64.3 Å². The van der Waals surface area contributed by atoms with Crippen molar-refractivity contribution in [3.8, 4) is 0 Å². The highest BCUT2D eigenvalue weighted by atomic mass is 32.2. The Kier molecular flexibility index (Phi) is 6.04. The first-order valence-corrected chi connectivity index (χ1v) is 9.54. The lowest BCUT2D eigenvalue weighted by Crippen LogP contribution is -2.13. The van der Waals surface area contributed by atoms with E-state index in [1.54, 1.807) is 30.0 Å². The molecule has 27 heavy (non-hydrogen) atoms. The molecule has 0 spiro atoms. The quantitative estimate of drug-likeness (QED) is 0.424. The van der Waals surface area contributed by atoms with Crippen LogP contribution in [0.15, 0.2) is 82.6 Å². The largest absolute Gasteiger partial charge is 0.459 e. The molecule has 3 rings (SSSR count). The number of ether oxygens (including phenoxy) is 1. The molecule has 0 fully saturated rings. The second kappa shape index (κ2) is 8.64. The van der Waals surface area contributed by atoms with E-state index in [9.17, 15) is 4.79 Å². The van der Waals surface area contributed by atoms with Crippen molar-refractivity contribution in [2.45, 2.75) is 29.7 Å². The van der Waals surface area contributed by atoms with Gasteiger partial charge in [0.15, 0.2) is 0 Å². The lowest BCUT2D eigenvalue weighted by atomic mass is 10.1. The Hall–Kier alpha value is -2.92. The first-order valence-electron chi connectivity index (χ1n) is 8.72. The molecule has 0 unspecified atom stereocenters. The molecule has 3 aromatic carbocycles. The molecule has 0 radical (unpaired) electrons. The van der Waals surface area contributed by atoms with Gasteiger partial charge in [-0.25, -0.2) is 4.79 Å². The predicted octanol–water partition coefficient (Wildman–Crippen LogP) is 5.73. The molecule has 4 nitrogen and oxygen atoms in total. The number of carbonyl (C=O) groups excluding carboxylic acids is 1. The Bertz CT molecular complexity index is 927. The van der Waals surface area contributed by atoms with Gasteiger partial charge in [0.1, 0.15) is 0 Å². The van der Waals surface area contributed by atoms with Gasteiger partial charge in [0.25, 0.3) is 0 Å². The van der Waals surface area contributed by atoms with Crippen molar-refractivity contribution < 1.29 is 9.53 Å². The zero-order chi connectivity index (χ0) is 19.2. The van der Waals surface area contributed by atoms with Gasteiger partial charge < -0.3 is 15.8 Å². The predicted molar refractivity (Wildman–Crippen MR) is 112 cm³/mol. The number of benzene rings is 3. The number of nitrogens with one attached hydrogen (secondary N) is 1. The molecule has 0 atom stereocenters. The van der Waals surface area contributed by atoms with E-state index in [4.69, 9.17) is 10.5 Å². The van der Waals surface area contributed by atoms with Crippen LogP contribution in [-0.2, 0) is 4.74 Å². The second-order valence-electron chi connectivity index (χ2n) is 6.30. The molecule has 138 valence electrons. The van der Waals surface area contributed by atoms with Crippen LogP contribution in [0.3, 0.4) is 0 Å². The van der Waals surface area contributed by atoms with E-state index in [0.717, 1.165) is 15.5 Å². The van der Waals surface area contributed by atoms with Gasteiger partial charge in [-0.2, -0.15) is 0 Å². The molecule has 0 amide bonds. The Morgan fingerprint density at radius 3 is 2.41 bits per heavy atom. The summed E-state index contributed by atoms with van der Waals surface area (Å²) < 4.78 is 5.36. The Morgan fingerprint density at radius 1 is 0.963 bits per heavy atom. The lowest BCUT2D eigenvalue weighted by Gasteiger charge is -2.16. The summed E-state index contributed by atoms with van der Waals surface area (Å²) in [5, 5.41) is 3.37. The van der Waals surface area contributed by atoms with Gasteiger partial charge in [0, 0.05) is 15.5 Å². The average Bonchev–Trinajstić information content (AvgIpc) is 2.65. The van der Waals surface area contributed by atoms with E-state index in [-0.39, 0.29) is 6.10 Å². The summed E-state index contributed by atoms with van der Waals surface area (Å²) in [5.41, 5.74) is 8.39. The number of hydrogen-bond acceptors (Lipinski definition) is 5. The van der Waals surface area contributed by atoms with Crippen LogP contribution in [0.5, 0.6) is 0 Å². The SMILES string of the molecule is CC(C)OC(=O)c1cc(N)ccc1Nc1ccccc1Sc1ccccc1. The van der Waals surface area contributed by atoms with E-state index in [1.165, 1.54) is 0 Å². The van der Waals surface area contributed by atoms with Gasteiger partial charge in [-0.15, -0.1) is 0 Å². The Balaban J connectivity index is 1.91. The number of carbonyl (C=O) groups is 1. The van der Waals surface area contributed by atoms with Crippen molar-refractivity contribution in [1.82, 2.24) is 0 Å². The van der Waals surface area contributed by atoms with Crippen LogP contribution in [0.2, 0.25) is 0 Å². The monoisotopic (exact) mass is 378 g/mol. The van der Waals surface area contributed by atoms with Gasteiger partial charge in [0.2, 0.25) is 0 Å². The highest BCUT2D eigenvalue weighted by Gasteiger charge is 2.16. The number of para-hydroxylation sites is 1. The minimum Gasteiger partial charge on any atom is -0.459 e. The minimum absolute atomic E-state index is 0.201. The summed E-state index contributed by atoms with van der Waals surface area (Å²) in [6.45, 7) is 3.65. The molecular weight excluding hydrogens is 356 g/mol. The van der Waals surface area contributed by atoms with Crippen LogP contribution in [0.1, 0.15) is 24.2 Å². The number of rotatable bonds is 6. The lowest BCUT2D eigenvalue weighted by molar-refractivity contribution is 0.0379. The Morgan fingerprint density at radius 2 is 1.67 bits per heavy atom. The number of hydrogen-bond donors (Lipinski definition) is 2. The highest BCUT2D eigenvalue weighted by molar-refractivity contribution is 7.99. The van der Waals surface area contributed by atoms with Crippen LogP contribution in [0.4, 0.5) is 17.1 Å². The van der Waals surface area contributed by atoms with Crippen LogP contribution in [-0.4, -0.2) is 12.1 Å². The van der Waals surface area contributed by atoms with Crippen LogP contribution < -0.4 is 11.1 Å². The first-order chi connectivity index (χ1) is 13.0. The normalized spacial score (nSPS) is 10.6. The van der Waals surface area contributed by atoms with Gasteiger partial charge in [-0.05, 0) is 56.3 Å². The van der Waals surface area contributed by atoms with Crippen molar-refractivity contribution >= 4 is 34.8 Å². The molecule has 0 aliphatic heterocycles. The fraction of sp³-hybridized carbons (Fsp3) is 0.136. The van der Waals surface area contributed by atoms with Crippen molar-refractivity contribution in [1.29, 1.82) is 0 Å². The molecule has 3 aromatic rings. The summed E-state index contributed by atoms with van der Waals surface area (Å²) in [6.07, 6.45) is -0.201. The summed E-state index contributed by atoms with van der Waals surface area (Å²) in [7, 11) is 0. The van der Waals surface area contributed by atoms with Crippen LogP contribution >= 0.6 is 11.8 Å². The third kappa shape index (κ3) is 5.05. The third-order valence-electron chi connectivity index (χ3n) is 3.73. The molecule has 0 saturated heterocycles. The molecule has 5 heteroatoms. The van der Waals surface area contributed by atoms with E-state index < -0.39 is 5.97 Å². The standard InChI is InChI=1S/C22H22N2O2S/c1-15(2)26-22(25)18-14-16(23)12-13-19(18)24-20-10-6-7-11-21(20)27-17-8-4-3-5-9-17/h3-15,24H,23H2,1-2H3. The zero-order valence-electron chi connectivity index (χ0n) is 15.3. The van der Waals surface area contributed by atoms with E-state index in [1.807, 2.05) is 56.3 Å². The van der Waals surface area contributed by atoms with Crippen molar-refractivity contribution in [3.05, 3.63) is 78.4 Å². The van der Waals surface area contributed by atoms with Crippen LogP contribution in [0, 0.1) is 0 Å². The molecular formula is C22H22N2O2S. The molecule has 0 aliphatic carbocycles. The number of nitrogens with two attached hydrogens (primary N) is 1. The van der Waals surface area contributed by atoms with Gasteiger partial charge >= 0.3 is 5.97 Å². The fourth-order valence-corrected chi connectivity index (χ4v) is 3.46. The van der Waals surface area contributed by atoms with Crippen molar-refractivity contribution in [3.63, 3.8) is 0 Å². The average molecular weight is 378 g/mol. The summed E-state index contributed by atoms with van der Waals surface area (Å²) in [6, 6.07) is 23.3. The maximum Gasteiger partial charge on any atom is 0.340 e. The number of esters is 1. The maximum atomic E-state index is 12.5. The van der Waals surface area contributed by atoms with Gasteiger partial charge in [-0.1, -0.05) is 42.1 Å².